The zero-order valence-electron chi connectivity index (χ0n) is 18.6. The fraction of sp³-hybridized carbons (Fsp3) is 0.680. The predicted octanol–water partition coefficient (Wildman–Crippen LogP) is 3.47. The highest BCUT2D eigenvalue weighted by molar-refractivity contribution is 5.94. The van der Waals surface area contributed by atoms with Crippen molar-refractivity contribution < 1.29 is 14.7 Å². The third-order valence-electron chi connectivity index (χ3n) is 7.98. The number of nitrogens with one attached hydrogen (secondary N) is 1. The summed E-state index contributed by atoms with van der Waals surface area (Å²) in [5, 5.41) is 12.9. The Labute approximate surface area is 185 Å². The molecule has 0 aromatic heterocycles. The van der Waals surface area contributed by atoms with Crippen molar-refractivity contribution in [2.24, 2.45) is 11.3 Å². The maximum absolute atomic E-state index is 13.6. The minimum atomic E-state index is -0.264. The monoisotopic (exact) mass is 425 g/mol. The van der Waals surface area contributed by atoms with Gasteiger partial charge in [0.25, 0.3) is 0 Å². The van der Waals surface area contributed by atoms with Crippen molar-refractivity contribution in [1.82, 2.24) is 4.90 Å². The van der Waals surface area contributed by atoms with Crippen LogP contribution in [0.25, 0.3) is 0 Å². The number of aryl methyl sites for hydroxylation is 1. The van der Waals surface area contributed by atoms with Gasteiger partial charge in [-0.25, -0.2) is 0 Å². The van der Waals surface area contributed by atoms with Gasteiger partial charge in [-0.3, -0.25) is 9.59 Å². The van der Waals surface area contributed by atoms with E-state index in [-0.39, 0.29) is 23.3 Å². The summed E-state index contributed by atoms with van der Waals surface area (Å²) >= 11 is 0. The summed E-state index contributed by atoms with van der Waals surface area (Å²) in [6, 6.07) is 6.48. The van der Waals surface area contributed by atoms with Crippen LogP contribution < -0.4 is 10.2 Å². The van der Waals surface area contributed by atoms with Crippen LogP contribution in [0.2, 0.25) is 0 Å². The fourth-order valence-electron chi connectivity index (χ4n) is 5.96. The van der Waals surface area contributed by atoms with Gasteiger partial charge in [0.2, 0.25) is 11.8 Å². The lowest BCUT2D eigenvalue weighted by Gasteiger charge is -2.42. The minimum absolute atomic E-state index is 0.135. The Balaban J connectivity index is 1.28. The van der Waals surface area contributed by atoms with Crippen LogP contribution in [0.4, 0.5) is 11.4 Å². The number of hydrogen-bond acceptors (Lipinski definition) is 4. The number of aliphatic hydroxyl groups excluding tert-OH is 1. The van der Waals surface area contributed by atoms with Gasteiger partial charge in [-0.2, -0.15) is 0 Å². The maximum Gasteiger partial charge on any atom is 0.230 e. The van der Waals surface area contributed by atoms with E-state index in [9.17, 15) is 14.7 Å². The second-order valence-electron chi connectivity index (χ2n) is 10.3. The van der Waals surface area contributed by atoms with Crippen LogP contribution in [0.15, 0.2) is 18.2 Å². The maximum atomic E-state index is 13.6. The van der Waals surface area contributed by atoms with Gasteiger partial charge in [0.15, 0.2) is 0 Å². The lowest BCUT2D eigenvalue weighted by molar-refractivity contribution is -0.139. The van der Waals surface area contributed by atoms with Crippen LogP contribution >= 0.6 is 0 Å². The second-order valence-corrected chi connectivity index (χ2v) is 10.3. The quantitative estimate of drug-likeness (QED) is 0.775. The molecule has 4 fully saturated rings. The molecule has 2 aliphatic carbocycles. The molecule has 2 amide bonds. The molecule has 1 aromatic carbocycles. The molecule has 6 heteroatoms. The first kappa shape index (κ1) is 20.8. The molecular weight excluding hydrogens is 390 g/mol. The summed E-state index contributed by atoms with van der Waals surface area (Å²) in [6.45, 7) is 4.71. The highest BCUT2D eigenvalue weighted by Crippen LogP contribution is 2.44. The highest BCUT2D eigenvalue weighted by Gasteiger charge is 2.50. The summed E-state index contributed by atoms with van der Waals surface area (Å²) in [5.41, 5.74) is 2.93. The Morgan fingerprint density at radius 2 is 1.87 bits per heavy atom. The van der Waals surface area contributed by atoms with E-state index in [1.165, 1.54) is 5.69 Å². The van der Waals surface area contributed by atoms with E-state index >= 15 is 0 Å². The molecule has 5 rings (SSSR count). The van der Waals surface area contributed by atoms with Gasteiger partial charge in [0, 0.05) is 43.0 Å². The molecule has 168 valence electrons. The number of benzene rings is 1. The Hall–Kier alpha value is -2.08. The zero-order chi connectivity index (χ0) is 21.6. The first-order valence-electron chi connectivity index (χ1n) is 12.1. The standard InChI is InChI=1S/C25H35N3O3/c1-17-15-19(26-23(30)18-3-4-18)5-10-22(17)27-13-2-11-25(16-27)12-14-28(24(25)31)20-6-8-21(29)9-7-20/h5,10,15,18,20-21,29H,2-4,6-9,11-14,16H2,1H3,(H,26,30)/t20-,21-,25-/m0/s1. The third kappa shape index (κ3) is 4.07. The first-order valence-corrected chi connectivity index (χ1v) is 12.1. The normalized spacial score (nSPS) is 31.4. The Kier molecular flexibility index (Phi) is 5.45. The van der Waals surface area contributed by atoms with Crippen LogP contribution in [0.3, 0.4) is 0 Å². The fourth-order valence-corrected chi connectivity index (χ4v) is 5.96. The molecular formula is C25H35N3O3. The van der Waals surface area contributed by atoms with Gasteiger partial charge in [-0.1, -0.05) is 0 Å². The Morgan fingerprint density at radius 3 is 2.58 bits per heavy atom. The van der Waals surface area contributed by atoms with E-state index in [1.54, 1.807) is 0 Å². The van der Waals surface area contributed by atoms with Gasteiger partial charge in [-0.15, -0.1) is 0 Å². The topological polar surface area (TPSA) is 72.9 Å². The van der Waals surface area contributed by atoms with Crippen LogP contribution in [-0.4, -0.2) is 53.6 Å². The number of amides is 2. The summed E-state index contributed by atoms with van der Waals surface area (Å²) in [4.78, 5) is 30.2. The number of carbonyl (C=O) groups is 2. The van der Waals surface area contributed by atoms with Crippen molar-refractivity contribution in [3.8, 4) is 0 Å². The van der Waals surface area contributed by atoms with Gasteiger partial charge < -0.3 is 20.2 Å². The van der Waals surface area contributed by atoms with E-state index in [0.717, 1.165) is 88.7 Å². The van der Waals surface area contributed by atoms with E-state index < -0.39 is 0 Å². The van der Waals surface area contributed by atoms with E-state index in [0.29, 0.717) is 11.9 Å². The van der Waals surface area contributed by atoms with Crippen LogP contribution in [0.1, 0.15) is 63.4 Å². The number of aliphatic hydroxyl groups is 1. The van der Waals surface area contributed by atoms with Crippen LogP contribution in [-0.2, 0) is 9.59 Å². The number of likely N-dealkylation sites (tertiary alicyclic amines) is 1. The SMILES string of the molecule is Cc1cc(NC(=O)C2CC2)ccc1N1CCC[C@]2(CCN([C@H]3CC[C@H](O)CC3)C2=O)C1. The average molecular weight is 426 g/mol. The molecule has 2 saturated carbocycles. The number of rotatable bonds is 4. The Bertz CT molecular complexity index is 860. The molecule has 1 aromatic rings. The summed E-state index contributed by atoms with van der Waals surface area (Å²) in [5.74, 6) is 0.672. The number of nitrogens with zero attached hydrogens (tertiary/aromatic N) is 2. The van der Waals surface area contributed by atoms with Crippen molar-refractivity contribution in [3.05, 3.63) is 23.8 Å². The van der Waals surface area contributed by atoms with E-state index in [2.05, 4.69) is 34.2 Å². The van der Waals surface area contributed by atoms with Gasteiger partial charge in [0.1, 0.15) is 0 Å². The molecule has 0 bridgehead atoms. The number of hydrogen-bond donors (Lipinski definition) is 2. The molecule has 1 atom stereocenters. The molecule has 4 aliphatic rings. The molecule has 2 saturated heterocycles. The largest absolute Gasteiger partial charge is 0.393 e. The number of anilines is 2. The average Bonchev–Trinajstić information content (AvgIpc) is 3.56. The van der Waals surface area contributed by atoms with Crippen molar-refractivity contribution in [2.45, 2.75) is 76.9 Å². The van der Waals surface area contributed by atoms with Crippen LogP contribution in [0.5, 0.6) is 0 Å². The van der Waals surface area contributed by atoms with Crippen molar-refractivity contribution in [1.29, 1.82) is 0 Å². The highest BCUT2D eigenvalue weighted by atomic mass is 16.3. The van der Waals surface area contributed by atoms with Gasteiger partial charge >= 0.3 is 0 Å². The lowest BCUT2D eigenvalue weighted by Crippen LogP contribution is -2.50. The lowest BCUT2D eigenvalue weighted by atomic mass is 9.78. The molecule has 2 aliphatic heterocycles. The van der Waals surface area contributed by atoms with Crippen molar-refractivity contribution in [3.63, 3.8) is 0 Å². The van der Waals surface area contributed by atoms with Crippen molar-refractivity contribution >= 4 is 23.2 Å². The second kappa shape index (κ2) is 8.12. The number of piperidine rings is 1. The number of carbonyl (C=O) groups excluding carboxylic acids is 2. The molecule has 6 nitrogen and oxygen atoms in total. The van der Waals surface area contributed by atoms with E-state index in [1.807, 2.05) is 6.07 Å². The first-order chi connectivity index (χ1) is 14.9. The molecule has 31 heavy (non-hydrogen) atoms. The van der Waals surface area contributed by atoms with E-state index in [4.69, 9.17) is 0 Å². The molecule has 1 spiro atoms. The van der Waals surface area contributed by atoms with Crippen LogP contribution in [0, 0.1) is 18.3 Å². The predicted molar refractivity (Wildman–Crippen MR) is 121 cm³/mol. The third-order valence-corrected chi connectivity index (χ3v) is 7.98. The summed E-state index contributed by atoms with van der Waals surface area (Å²) in [7, 11) is 0. The van der Waals surface area contributed by atoms with Crippen molar-refractivity contribution in [2.75, 3.05) is 29.9 Å². The summed E-state index contributed by atoms with van der Waals surface area (Å²) < 4.78 is 0. The molecule has 2 heterocycles. The summed E-state index contributed by atoms with van der Waals surface area (Å²) in [6.07, 6.45) is 8.26. The molecule has 0 radical (unpaired) electrons. The Morgan fingerprint density at radius 1 is 1.10 bits per heavy atom. The minimum Gasteiger partial charge on any atom is -0.393 e. The van der Waals surface area contributed by atoms with Gasteiger partial charge in [-0.05, 0) is 88.5 Å². The zero-order valence-corrected chi connectivity index (χ0v) is 18.6. The van der Waals surface area contributed by atoms with Gasteiger partial charge in [0.05, 0.1) is 11.5 Å². The molecule has 0 unspecified atom stereocenters. The smallest absolute Gasteiger partial charge is 0.230 e. The molecule has 2 N–H and O–H groups in total.